The van der Waals surface area contributed by atoms with Crippen LogP contribution in [0.1, 0.15) is 19.8 Å². The Morgan fingerprint density at radius 2 is 2.16 bits per heavy atom. The number of nitrogens with two attached hydrogens (primary N) is 1. The van der Waals surface area contributed by atoms with Crippen molar-refractivity contribution in [2.24, 2.45) is 0 Å². The molecule has 0 bridgehead atoms. The zero-order valence-corrected chi connectivity index (χ0v) is 12.2. The molecule has 2 rings (SSSR count). The maximum Gasteiger partial charge on any atom is 0.143 e. The van der Waals surface area contributed by atoms with Crippen molar-refractivity contribution in [2.45, 2.75) is 25.8 Å². The highest BCUT2D eigenvalue weighted by molar-refractivity contribution is 5.74. The van der Waals surface area contributed by atoms with Crippen LogP contribution in [0.2, 0.25) is 0 Å². The van der Waals surface area contributed by atoms with Crippen molar-refractivity contribution in [2.75, 3.05) is 44.4 Å². The first-order valence-corrected chi connectivity index (χ1v) is 7.05. The van der Waals surface area contributed by atoms with Gasteiger partial charge in [-0.1, -0.05) is 13.0 Å². The van der Waals surface area contributed by atoms with Crippen LogP contribution in [-0.4, -0.2) is 44.7 Å². The number of likely N-dealkylation sites (N-methyl/N-ethyl adjacent to an activating group) is 1. The zero-order valence-electron chi connectivity index (χ0n) is 12.2. The molecule has 1 aromatic rings. The number of nitrogens with zero attached hydrogens (tertiary/aromatic N) is 2. The lowest BCUT2D eigenvalue weighted by atomic mass is 10.1. The topological polar surface area (TPSA) is 41.7 Å². The summed E-state index contributed by atoms with van der Waals surface area (Å²) in [4.78, 5) is 4.85. The Morgan fingerprint density at radius 1 is 1.37 bits per heavy atom. The molecule has 0 saturated carbocycles. The van der Waals surface area contributed by atoms with Gasteiger partial charge in [-0.25, -0.2) is 0 Å². The maximum atomic E-state index is 6.25. The quantitative estimate of drug-likeness (QED) is 0.849. The molecule has 1 saturated heterocycles. The molecule has 4 heteroatoms. The van der Waals surface area contributed by atoms with Gasteiger partial charge in [-0.3, -0.25) is 0 Å². The predicted molar refractivity (Wildman–Crippen MR) is 80.9 cm³/mol. The number of ether oxygens (including phenoxy) is 1. The first kappa shape index (κ1) is 14.0. The number of benzene rings is 1. The number of methoxy groups -OCH3 is 1. The third-order valence-corrected chi connectivity index (χ3v) is 3.95. The van der Waals surface area contributed by atoms with Crippen molar-refractivity contribution < 1.29 is 4.74 Å². The average Bonchev–Trinajstić information content (AvgIpc) is 2.60. The number of hydrogen-bond donors (Lipinski definition) is 1. The lowest BCUT2D eigenvalue weighted by molar-refractivity contribution is 0.328. The van der Waals surface area contributed by atoms with Gasteiger partial charge < -0.3 is 20.3 Å². The van der Waals surface area contributed by atoms with Gasteiger partial charge in [0.15, 0.2) is 0 Å². The van der Waals surface area contributed by atoms with Crippen LogP contribution < -0.4 is 15.4 Å². The van der Waals surface area contributed by atoms with Crippen LogP contribution in [0.15, 0.2) is 18.2 Å². The molecule has 1 aliphatic rings. The lowest BCUT2D eigenvalue weighted by Gasteiger charge is -2.33. The van der Waals surface area contributed by atoms with E-state index in [2.05, 4.69) is 29.8 Å². The second kappa shape index (κ2) is 6.15. The predicted octanol–water partition coefficient (Wildman–Crippen LogP) is 2.20. The van der Waals surface area contributed by atoms with Crippen LogP contribution in [0.25, 0.3) is 0 Å². The minimum Gasteiger partial charge on any atom is -0.495 e. The molecular weight excluding hydrogens is 238 g/mol. The second-order valence-corrected chi connectivity index (χ2v) is 5.26. The number of nitrogen functional groups attached to an aromatic ring is 1. The SMILES string of the molecule is CCC1CN(C)CCCN1c1cccc(OC)c1N. The average molecular weight is 263 g/mol. The van der Waals surface area contributed by atoms with Crippen molar-refractivity contribution in [3.63, 3.8) is 0 Å². The third-order valence-electron chi connectivity index (χ3n) is 3.95. The Hall–Kier alpha value is -1.42. The zero-order chi connectivity index (χ0) is 13.8. The summed E-state index contributed by atoms with van der Waals surface area (Å²) in [5, 5.41) is 0. The van der Waals surface area contributed by atoms with Crippen molar-refractivity contribution in [3.8, 4) is 5.75 Å². The summed E-state index contributed by atoms with van der Waals surface area (Å²) >= 11 is 0. The first-order chi connectivity index (χ1) is 9.17. The van der Waals surface area contributed by atoms with E-state index in [0.717, 1.165) is 43.2 Å². The summed E-state index contributed by atoms with van der Waals surface area (Å²) in [6.45, 7) is 5.54. The van der Waals surface area contributed by atoms with Crippen molar-refractivity contribution >= 4 is 11.4 Å². The van der Waals surface area contributed by atoms with Gasteiger partial charge in [0.25, 0.3) is 0 Å². The van der Waals surface area contributed by atoms with Gasteiger partial charge in [0, 0.05) is 19.1 Å². The Balaban J connectivity index is 2.32. The van der Waals surface area contributed by atoms with Gasteiger partial charge in [0.05, 0.1) is 18.5 Å². The minimum atomic E-state index is 0.516. The molecule has 2 N–H and O–H groups in total. The standard InChI is InChI=1S/C15H25N3O/c1-4-12-11-17(2)9-6-10-18(12)13-7-5-8-14(19-3)15(13)16/h5,7-8,12H,4,6,9-11,16H2,1-3H3. The molecule has 0 aliphatic carbocycles. The van der Waals surface area contributed by atoms with E-state index in [9.17, 15) is 0 Å². The van der Waals surface area contributed by atoms with Crippen LogP contribution in [0.4, 0.5) is 11.4 Å². The fourth-order valence-corrected chi connectivity index (χ4v) is 2.87. The Labute approximate surface area is 116 Å². The van der Waals surface area contributed by atoms with Gasteiger partial charge in [0.1, 0.15) is 5.75 Å². The fourth-order valence-electron chi connectivity index (χ4n) is 2.87. The number of anilines is 2. The number of para-hydroxylation sites is 1. The molecule has 1 unspecified atom stereocenters. The smallest absolute Gasteiger partial charge is 0.143 e. The van der Waals surface area contributed by atoms with Gasteiger partial charge >= 0.3 is 0 Å². The van der Waals surface area contributed by atoms with Gasteiger partial charge in [0.2, 0.25) is 0 Å². The Kier molecular flexibility index (Phi) is 4.53. The van der Waals surface area contributed by atoms with Crippen molar-refractivity contribution in [1.29, 1.82) is 0 Å². The number of rotatable bonds is 3. The van der Waals surface area contributed by atoms with Gasteiger partial charge in [-0.2, -0.15) is 0 Å². The highest BCUT2D eigenvalue weighted by Crippen LogP contribution is 2.34. The fraction of sp³-hybridized carbons (Fsp3) is 0.600. The molecule has 0 amide bonds. The summed E-state index contributed by atoms with van der Waals surface area (Å²) in [7, 11) is 3.87. The molecular formula is C15H25N3O. The largest absolute Gasteiger partial charge is 0.495 e. The van der Waals surface area contributed by atoms with Crippen LogP contribution >= 0.6 is 0 Å². The highest BCUT2D eigenvalue weighted by atomic mass is 16.5. The van der Waals surface area contributed by atoms with Crippen LogP contribution in [0.5, 0.6) is 5.75 Å². The molecule has 1 aromatic carbocycles. The van der Waals surface area contributed by atoms with E-state index in [4.69, 9.17) is 10.5 Å². The molecule has 1 atom stereocenters. The van der Waals surface area contributed by atoms with Crippen LogP contribution in [0.3, 0.4) is 0 Å². The summed E-state index contributed by atoms with van der Waals surface area (Å²) in [6.07, 6.45) is 2.30. The molecule has 19 heavy (non-hydrogen) atoms. The summed E-state index contributed by atoms with van der Waals surface area (Å²) in [5.74, 6) is 0.768. The Bertz CT molecular complexity index is 422. The maximum absolute atomic E-state index is 6.25. The molecule has 4 nitrogen and oxygen atoms in total. The summed E-state index contributed by atoms with van der Waals surface area (Å²) in [6, 6.07) is 6.56. The molecule has 1 fully saturated rings. The van der Waals surface area contributed by atoms with E-state index >= 15 is 0 Å². The summed E-state index contributed by atoms with van der Waals surface area (Å²) < 4.78 is 5.34. The van der Waals surface area contributed by atoms with Crippen LogP contribution in [0, 0.1) is 0 Å². The monoisotopic (exact) mass is 263 g/mol. The van der Waals surface area contributed by atoms with Gasteiger partial charge in [-0.05, 0) is 38.6 Å². The minimum absolute atomic E-state index is 0.516. The van der Waals surface area contributed by atoms with E-state index < -0.39 is 0 Å². The molecule has 1 aliphatic heterocycles. The normalized spacial score (nSPS) is 21.2. The van der Waals surface area contributed by atoms with E-state index in [1.807, 2.05) is 12.1 Å². The van der Waals surface area contributed by atoms with E-state index in [1.165, 1.54) is 6.42 Å². The van der Waals surface area contributed by atoms with Gasteiger partial charge in [-0.15, -0.1) is 0 Å². The molecule has 0 aromatic heterocycles. The van der Waals surface area contributed by atoms with Crippen LogP contribution in [-0.2, 0) is 0 Å². The lowest BCUT2D eigenvalue weighted by Crippen LogP contribution is -2.40. The van der Waals surface area contributed by atoms with E-state index in [0.29, 0.717) is 6.04 Å². The number of hydrogen-bond acceptors (Lipinski definition) is 4. The third kappa shape index (κ3) is 2.95. The first-order valence-electron chi connectivity index (χ1n) is 7.05. The van der Waals surface area contributed by atoms with E-state index in [-0.39, 0.29) is 0 Å². The summed E-state index contributed by atoms with van der Waals surface area (Å²) in [5.41, 5.74) is 8.12. The molecule has 0 spiro atoms. The van der Waals surface area contributed by atoms with Crippen molar-refractivity contribution in [1.82, 2.24) is 4.90 Å². The highest BCUT2D eigenvalue weighted by Gasteiger charge is 2.24. The molecule has 0 radical (unpaired) electrons. The van der Waals surface area contributed by atoms with E-state index in [1.54, 1.807) is 7.11 Å². The van der Waals surface area contributed by atoms with Crippen molar-refractivity contribution in [3.05, 3.63) is 18.2 Å². The molecule has 106 valence electrons. The second-order valence-electron chi connectivity index (χ2n) is 5.26. The molecule has 1 heterocycles. The Morgan fingerprint density at radius 3 is 2.84 bits per heavy atom.